The van der Waals surface area contributed by atoms with Crippen molar-refractivity contribution in [2.24, 2.45) is 5.92 Å². The Labute approximate surface area is 165 Å². The molecule has 154 valence electrons. The number of amides is 3. The Morgan fingerprint density at radius 1 is 1.11 bits per heavy atom. The first-order chi connectivity index (χ1) is 13.3. The summed E-state index contributed by atoms with van der Waals surface area (Å²) >= 11 is 0. The third-order valence-electron chi connectivity index (χ3n) is 5.99. The van der Waals surface area contributed by atoms with Gasteiger partial charge >= 0.3 is 6.03 Å². The number of hydrogen-bond donors (Lipinski definition) is 0. The quantitative estimate of drug-likeness (QED) is 0.694. The highest BCUT2D eigenvalue weighted by Gasteiger charge is 2.57. The molecule has 0 radical (unpaired) electrons. The molecule has 5 nitrogen and oxygen atoms in total. The number of piperidine rings is 1. The normalized spacial score (nSPS) is 20.1. The summed E-state index contributed by atoms with van der Waals surface area (Å²) in [5.74, 6) is -0.800. The lowest BCUT2D eigenvalue weighted by molar-refractivity contribution is -0.135. The number of rotatable bonds is 6. The van der Waals surface area contributed by atoms with Gasteiger partial charge in [-0.25, -0.2) is 13.6 Å². The van der Waals surface area contributed by atoms with E-state index in [4.69, 9.17) is 0 Å². The van der Waals surface area contributed by atoms with Crippen LogP contribution in [0.15, 0.2) is 18.2 Å². The van der Waals surface area contributed by atoms with Gasteiger partial charge in [-0.2, -0.15) is 0 Å². The molecular formula is C21H29F2N3O2. The second kappa shape index (κ2) is 8.15. The van der Waals surface area contributed by atoms with E-state index in [1.54, 1.807) is 4.90 Å². The first-order valence-electron chi connectivity index (χ1n) is 10.1. The Kier molecular flexibility index (Phi) is 6.03. The minimum absolute atomic E-state index is 0.0547. The van der Waals surface area contributed by atoms with Crippen molar-refractivity contribution in [1.82, 2.24) is 14.7 Å². The summed E-state index contributed by atoms with van der Waals surface area (Å²) in [6.07, 6.45) is 1.81. The number of likely N-dealkylation sites (tertiary alicyclic amines) is 1. The molecule has 1 aromatic rings. The number of urea groups is 1. The smallest absolute Gasteiger partial charge is 0.309 e. The lowest BCUT2D eigenvalue weighted by atomic mass is 9.85. The molecule has 0 aliphatic carbocycles. The molecule has 0 unspecified atom stereocenters. The van der Waals surface area contributed by atoms with Gasteiger partial charge in [0, 0.05) is 38.3 Å². The summed E-state index contributed by atoms with van der Waals surface area (Å²) in [5, 5.41) is 0. The molecule has 0 bridgehead atoms. The summed E-state index contributed by atoms with van der Waals surface area (Å²) < 4.78 is 27.9. The molecule has 2 heterocycles. The molecule has 1 aromatic carbocycles. The summed E-state index contributed by atoms with van der Waals surface area (Å²) in [5.41, 5.74) is -0.758. The molecule has 28 heavy (non-hydrogen) atoms. The van der Waals surface area contributed by atoms with Crippen LogP contribution in [0.25, 0.3) is 0 Å². The second-order valence-electron chi connectivity index (χ2n) is 8.17. The zero-order valence-corrected chi connectivity index (χ0v) is 16.9. The van der Waals surface area contributed by atoms with Crippen LogP contribution in [0.4, 0.5) is 13.6 Å². The number of hydrogen-bond acceptors (Lipinski definition) is 3. The van der Waals surface area contributed by atoms with Crippen molar-refractivity contribution in [1.29, 1.82) is 0 Å². The number of benzene rings is 1. The van der Waals surface area contributed by atoms with Gasteiger partial charge in [0.2, 0.25) is 0 Å². The molecule has 0 aromatic heterocycles. The SMILES string of the molecule is CCN1C(=O)N(CCC(C)C)C2(CCN(Cc3c(F)cccc3F)CC2)C1=O. The molecule has 2 aliphatic heterocycles. The first-order valence-corrected chi connectivity index (χ1v) is 10.1. The van der Waals surface area contributed by atoms with E-state index in [0.717, 1.165) is 6.42 Å². The van der Waals surface area contributed by atoms with Crippen molar-refractivity contribution >= 4 is 11.9 Å². The van der Waals surface area contributed by atoms with E-state index in [9.17, 15) is 18.4 Å². The van der Waals surface area contributed by atoms with Gasteiger partial charge < -0.3 is 4.90 Å². The van der Waals surface area contributed by atoms with Crippen molar-refractivity contribution in [2.45, 2.75) is 52.1 Å². The maximum Gasteiger partial charge on any atom is 0.327 e. The van der Waals surface area contributed by atoms with E-state index in [-0.39, 0.29) is 24.0 Å². The van der Waals surface area contributed by atoms with Crippen molar-refractivity contribution in [2.75, 3.05) is 26.2 Å². The Morgan fingerprint density at radius 3 is 2.25 bits per heavy atom. The van der Waals surface area contributed by atoms with Crippen molar-refractivity contribution in [3.8, 4) is 0 Å². The number of carbonyl (C=O) groups is 2. The van der Waals surface area contributed by atoms with Crippen LogP contribution in [0.2, 0.25) is 0 Å². The Hall–Kier alpha value is -2.02. The molecule has 3 rings (SSSR count). The first kappa shape index (κ1) is 20.7. The van der Waals surface area contributed by atoms with E-state index < -0.39 is 17.2 Å². The maximum absolute atomic E-state index is 14.0. The second-order valence-corrected chi connectivity index (χ2v) is 8.17. The number of nitrogens with zero attached hydrogens (tertiary/aromatic N) is 3. The highest BCUT2D eigenvalue weighted by molar-refractivity contribution is 6.07. The summed E-state index contributed by atoms with van der Waals surface area (Å²) in [6.45, 7) is 8.12. The lowest BCUT2D eigenvalue weighted by Gasteiger charge is -2.42. The molecule has 2 fully saturated rings. The summed E-state index contributed by atoms with van der Waals surface area (Å²) in [4.78, 5) is 30.9. The van der Waals surface area contributed by atoms with Crippen molar-refractivity contribution in [3.05, 3.63) is 35.4 Å². The molecule has 0 saturated carbocycles. The van der Waals surface area contributed by atoms with Gasteiger partial charge in [-0.15, -0.1) is 0 Å². The number of carbonyl (C=O) groups excluding carboxylic acids is 2. The third kappa shape index (κ3) is 3.64. The fourth-order valence-corrected chi connectivity index (χ4v) is 4.23. The predicted molar refractivity (Wildman–Crippen MR) is 103 cm³/mol. The minimum Gasteiger partial charge on any atom is -0.309 e. The monoisotopic (exact) mass is 393 g/mol. The van der Waals surface area contributed by atoms with E-state index in [2.05, 4.69) is 13.8 Å². The van der Waals surface area contributed by atoms with Crippen LogP contribution >= 0.6 is 0 Å². The van der Waals surface area contributed by atoms with E-state index in [1.807, 2.05) is 11.8 Å². The third-order valence-corrected chi connectivity index (χ3v) is 5.99. The zero-order chi connectivity index (χ0) is 20.5. The van der Waals surface area contributed by atoms with Gasteiger partial charge in [0.15, 0.2) is 0 Å². The van der Waals surface area contributed by atoms with Crippen molar-refractivity contribution in [3.63, 3.8) is 0 Å². The van der Waals surface area contributed by atoms with Gasteiger partial charge in [0.05, 0.1) is 0 Å². The van der Waals surface area contributed by atoms with Crippen LogP contribution in [0, 0.1) is 17.6 Å². The molecule has 0 N–H and O–H groups in total. The fourth-order valence-electron chi connectivity index (χ4n) is 4.23. The minimum atomic E-state index is -0.813. The number of likely N-dealkylation sites (N-methyl/N-ethyl adjacent to an activating group) is 1. The highest BCUT2D eigenvalue weighted by Crippen LogP contribution is 2.38. The Bertz CT molecular complexity index is 725. The molecule has 1 spiro atoms. The van der Waals surface area contributed by atoms with E-state index in [1.165, 1.54) is 23.1 Å². The average Bonchev–Trinajstić information content (AvgIpc) is 2.84. The van der Waals surface area contributed by atoms with Crippen molar-refractivity contribution < 1.29 is 18.4 Å². The standard InChI is InChI=1S/C21H29F2N3O2/c1-4-25-19(27)21(26(20(25)28)11-8-15(2)3)9-12-24(13-10-21)14-16-17(22)6-5-7-18(16)23/h5-7,15H,4,8-14H2,1-3H3. The topological polar surface area (TPSA) is 43.9 Å². The number of halogens is 2. The Balaban J connectivity index is 1.75. The lowest BCUT2D eigenvalue weighted by Crippen LogP contribution is -2.56. The fraction of sp³-hybridized carbons (Fsp3) is 0.619. The summed E-state index contributed by atoms with van der Waals surface area (Å²) in [7, 11) is 0. The molecule has 2 saturated heterocycles. The number of imide groups is 1. The van der Waals surface area contributed by atoms with Gasteiger partial charge in [-0.3, -0.25) is 14.6 Å². The van der Waals surface area contributed by atoms with Gasteiger partial charge in [0.25, 0.3) is 5.91 Å². The summed E-state index contributed by atoms with van der Waals surface area (Å²) in [6, 6.07) is 3.67. The zero-order valence-electron chi connectivity index (χ0n) is 16.9. The largest absolute Gasteiger partial charge is 0.327 e. The molecule has 0 atom stereocenters. The van der Waals surface area contributed by atoms with Crippen LogP contribution in [-0.2, 0) is 11.3 Å². The van der Waals surface area contributed by atoms with E-state index >= 15 is 0 Å². The molecular weight excluding hydrogens is 364 g/mol. The highest BCUT2D eigenvalue weighted by atomic mass is 19.1. The maximum atomic E-state index is 14.0. The predicted octanol–water partition coefficient (Wildman–Crippen LogP) is 3.63. The molecule has 2 aliphatic rings. The van der Waals surface area contributed by atoms with Crippen LogP contribution < -0.4 is 0 Å². The van der Waals surface area contributed by atoms with Crippen LogP contribution in [0.1, 0.15) is 45.6 Å². The van der Waals surface area contributed by atoms with Crippen LogP contribution in [0.5, 0.6) is 0 Å². The van der Waals surface area contributed by atoms with Gasteiger partial charge in [-0.05, 0) is 44.2 Å². The van der Waals surface area contributed by atoms with Gasteiger partial charge in [0.1, 0.15) is 17.2 Å². The molecule has 7 heteroatoms. The van der Waals surface area contributed by atoms with Crippen LogP contribution in [-0.4, -0.2) is 58.4 Å². The van der Waals surface area contributed by atoms with Gasteiger partial charge in [-0.1, -0.05) is 19.9 Å². The molecule has 3 amide bonds. The average molecular weight is 393 g/mol. The van der Waals surface area contributed by atoms with Crippen LogP contribution in [0.3, 0.4) is 0 Å². The van der Waals surface area contributed by atoms with E-state index in [0.29, 0.717) is 44.9 Å². The Morgan fingerprint density at radius 2 is 1.71 bits per heavy atom.